The van der Waals surface area contributed by atoms with E-state index in [0.717, 1.165) is 25.6 Å². The van der Waals surface area contributed by atoms with Crippen LogP contribution >= 0.6 is 0 Å². The lowest BCUT2D eigenvalue weighted by molar-refractivity contribution is 0.188. The highest BCUT2D eigenvalue weighted by molar-refractivity contribution is 5.03. The van der Waals surface area contributed by atoms with Gasteiger partial charge in [-0.05, 0) is 37.9 Å². The molecular formula is C16H27N3. The van der Waals surface area contributed by atoms with Crippen molar-refractivity contribution in [2.24, 2.45) is 5.92 Å². The Bertz CT molecular complexity index is 360. The molecule has 1 saturated carbocycles. The van der Waals surface area contributed by atoms with E-state index in [0.29, 0.717) is 12.0 Å². The Morgan fingerprint density at radius 3 is 2.74 bits per heavy atom. The molecule has 0 spiro atoms. The van der Waals surface area contributed by atoms with Crippen molar-refractivity contribution in [3.8, 4) is 0 Å². The Kier molecular flexibility index (Phi) is 5.34. The van der Waals surface area contributed by atoms with Crippen molar-refractivity contribution in [2.45, 2.75) is 45.2 Å². The van der Waals surface area contributed by atoms with Crippen LogP contribution in [0.4, 0.5) is 0 Å². The predicted molar refractivity (Wildman–Crippen MR) is 80.2 cm³/mol. The maximum atomic E-state index is 4.40. The summed E-state index contributed by atoms with van der Waals surface area (Å²) in [6.45, 7) is 6.82. The van der Waals surface area contributed by atoms with Gasteiger partial charge in [-0.3, -0.25) is 4.98 Å². The quantitative estimate of drug-likeness (QED) is 0.778. The normalized spacial score (nSPS) is 17.1. The zero-order valence-corrected chi connectivity index (χ0v) is 12.5. The molecule has 1 atom stereocenters. The molecule has 0 aromatic carbocycles. The van der Waals surface area contributed by atoms with Crippen LogP contribution < -0.4 is 5.32 Å². The van der Waals surface area contributed by atoms with E-state index in [-0.39, 0.29) is 0 Å². The van der Waals surface area contributed by atoms with Crippen LogP contribution in [0.1, 0.15) is 32.4 Å². The number of rotatable bonds is 8. The number of likely N-dealkylation sites (N-methyl/N-ethyl adjacent to an activating group) is 1. The van der Waals surface area contributed by atoms with E-state index in [4.69, 9.17) is 0 Å². The fourth-order valence-electron chi connectivity index (χ4n) is 2.48. The van der Waals surface area contributed by atoms with Crippen LogP contribution in [0.5, 0.6) is 0 Å². The SMILES string of the molecule is CC(C)C(CNC1CC1)N(C)CCc1ccccn1. The first kappa shape index (κ1) is 14.5. The fourth-order valence-corrected chi connectivity index (χ4v) is 2.48. The number of pyridine rings is 1. The standard InChI is InChI=1S/C16H27N3/c1-13(2)16(12-18-15-7-8-15)19(3)11-9-14-6-4-5-10-17-14/h4-6,10,13,15-16,18H,7-9,11-12H2,1-3H3. The Hall–Kier alpha value is -0.930. The second-order valence-electron chi connectivity index (χ2n) is 6.05. The van der Waals surface area contributed by atoms with Crippen LogP contribution in [-0.4, -0.2) is 42.1 Å². The molecule has 0 bridgehead atoms. The van der Waals surface area contributed by atoms with Gasteiger partial charge in [0.05, 0.1) is 0 Å². The number of hydrogen-bond acceptors (Lipinski definition) is 3. The van der Waals surface area contributed by atoms with Crippen LogP contribution in [0.2, 0.25) is 0 Å². The fraction of sp³-hybridized carbons (Fsp3) is 0.688. The summed E-state index contributed by atoms with van der Waals surface area (Å²) in [6.07, 6.45) is 5.64. The summed E-state index contributed by atoms with van der Waals surface area (Å²) < 4.78 is 0. The Morgan fingerprint density at radius 2 is 2.16 bits per heavy atom. The first-order valence-corrected chi connectivity index (χ1v) is 7.50. The summed E-state index contributed by atoms with van der Waals surface area (Å²) in [6, 6.07) is 7.57. The highest BCUT2D eigenvalue weighted by atomic mass is 15.2. The molecule has 1 fully saturated rings. The van der Waals surface area contributed by atoms with Crippen molar-refractivity contribution in [3.63, 3.8) is 0 Å². The molecule has 1 unspecified atom stereocenters. The lowest BCUT2D eigenvalue weighted by atomic mass is 10.0. The van der Waals surface area contributed by atoms with Gasteiger partial charge in [0.1, 0.15) is 0 Å². The summed E-state index contributed by atoms with van der Waals surface area (Å²) >= 11 is 0. The van der Waals surface area contributed by atoms with Crippen LogP contribution in [0.15, 0.2) is 24.4 Å². The van der Waals surface area contributed by atoms with Gasteiger partial charge in [0.2, 0.25) is 0 Å². The Morgan fingerprint density at radius 1 is 1.37 bits per heavy atom. The lowest BCUT2D eigenvalue weighted by Gasteiger charge is -2.31. The third kappa shape index (κ3) is 4.92. The van der Waals surface area contributed by atoms with Crippen molar-refractivity contribution in [2.75, 3.05) is 20.1 Å². The molecule has 1 aliphatic rings. The first-order valence-electron chi connectivity index (χ1n) is 7.50. The van der Waals surface area contributed by atoms with Crippen LogP contribution in [-0.2, 0) is 6.42 Å². The highest BCUT2D eigenvalue weighted by Crippen LogP contribution is 2.19. The molecular weight excluding hydrogens is 234 g/mol. The maximum Gasteiger partial charge on any atom is 0.0416 e. The van der Waals surface area contributed by atoms with Gasteiger partial charge in [-0.1, -0.05) is 19.9 Å². The van der Waals surface area contributed by atoms with Gasteiger partial charge in [-0.15, -0.1) is 0 Å². The lowest BCUT2D eigenvalue weighted by Crippen LogP contribution is -2.44. The average molecular weight is 261 g/mol. The monoisotopic (exact) mass is 261 g/mol. The topological polar surface area (TPSA) is 28.2 Å². The molecule has 0 aliphatic heterocycles. The minimum atomic E-state index is 0.615. The van der Waals surface area contributed by atoms with Gasteiger partial charge in [-0.2, -0.15) is 0 Å². The van der Waals surface area contributed by atoms with Gasteiger partial charge in [0.25, 0.3) is 0 Å². The molecule has 0 radical (unpaired) electrons. The maximum absolute atomic E-state index is 4.40. The molecule has 1 N–H and O–H groups in total. The smallest absolute Gasteiger partial charge is 0.0416 e. The number of nitrogens with one attached hydrogen (secondary N) is 1. The first-order chi connectivity index (χ1) is 9.16. The van der Waals surface area contributed by atoms with E-state index in [1.54, 1.807) is 0 Å². The molecule has 2 rings (SSSR count). The van der Waals surface area contributed by atoms with Gasteiger partial charge in [0.15, 0.2) is 0 Å². The summed E-state index contributed by atoms with van der Waals surface area (Å²) in [5.41, 5.74) is 1.19. The molecule has 0 amide bonds. The van der Waals surface area contributed by atoms with E-state index in [1.165, 1.54) is 18.5 Å². The van der Waals surface area contributed by atoms with Crippen LogP contribution in [0.25, 0.3) is 0 Å². The Labute approximate surface area is 117 Å². The van der Waals surface area contributed by atoms with Crippen molar-refractivity contribution < 1.29 is 0 Å². The van der Waals surface area contributed by atoms with E-state index in [9.17, 15) is 0 Å². The third-order valence-electron chi connectivity index (χ3n) is 3.98. The molecule has 1 aromatic rings. The minimum absolute atomic E-state index is 0.615. The predicted octanol–water partition coefficient (Wildman–Crippen LogP) is 2.33. The zero-order valence-electron chi connectivity index (χ0n) is 12.5. The molecule has 19 heavy (non-hydrogen) atoms. The van der Waals surface area contributed by atoms with E-state index in [1.807, 2.05) is 12.3 Å². The Balaban J connectivity index is 1.78. The second-order valence-corrected chi connectivity index (χ2v) is 6.05. The van der Waals surface area contributed by atoms with Crippen molar-refractivity contribution in [1.29, 1.82) is 0 Å². The third-order valence-corrected chi connectivity index (χ3v) is 3.98. The average Bonchev–Trinajstić information content (AvgIpc) is 3.21. The summed E-state index contributed by atoms with van der Waals surface area (Å²) in [7, 11) is 2.24. The minimum Gasteiger partial charge on any atom is -0.312 e. The summed E-state index contributed by atoms with van der Waals surface area (Å²) in [4.78, 5) is 6.88. The van der Waals surface area contributed by atoms with E-state index >= 15 is 0 Å². The molecule has 1 aromatic heterocycles. The van der Waals surface area contributed by atoms with Gasteiger partial charge < -0.3 is 10.2 Å². The van der Waals surface area contributed by atoms with Crippen molar-refractivity contribution >= 4 is 0 Å². The summed E-state index contributed by atoms with van der Waals surface area (Å²) in [5, 5.41) is 3.66. The number of hydrogen-bond donors (Lipinski definition) is 1. The van der Waals surface area contributed by atoms with Crippen molar-refractivity contribution in [3.05, 3.63) is 30.1 Å². The molecule has 106 valence electrons. The van der Waals surface area contributed by atoms with E-state index < -0.39 is 0 Å². The molecule has 3 nitrogen and oxygen atoms in total. The summed E-state index contributed by atoms with van der Waals surface area (Å²) in [5.74, 6) is 0.681. The van der Waals surface area contributed by atoms with Gasteiger partial charge in [0, 0.05) is 43.5 Å². The van der Waals surface area contributed by atoms with Gasteiger partial charge >= 0.3 is 0 Å². The van der Waals surface area contributed by atoms with Crippen LogP contribution in [0.3, 0.4) is 0 Å². The second kappa shape index (κ2) is 7.01. The van der Waals surface area contributed by atoms with Crippen LogP contribution in [0, 0.1) is 5.92 Å². The number of aromatic nitrogens is 1. The van der Waals surface area contributed by atoms with E-state index in [2.05, 4.69) is 48.2 Å². The highest BCUT2D eigenvalue weighted by Gasteiger charge is 2.24. The molecule has 1 heterocycles. The van der Waals surface area contributed by atoms with Gasteiger partial charge in [-0.25, -0.2) is 0 Å². The molecule has 1 aliphatic carbocycles. The zero-order chi connectivity index (χ0) is 13.7. The molecule has 0 saturated heterocycles. The number of nitrogens with zero attached hydrogens (tertiary/aromatic N) is 2. The van der Waals surface area contributed by atoms with Crippen molar-refractivity contribution in [1.82, 2.24) is 15.2 Å². The largest absolute Gasteiger partial charge is 0.312 e. The molecule has 3 heteroatoms.